The van der Waals surface area contributed by atoms with Crippen LogP contribution in [0.25, 0.3) is 6.08 Å². The molecule has 15 nitrogen and oxygen atoms in total. The van der Waals surface area contributed by atoms with E-state index in [-0.39, 0.29) is 32.6 Å². The van der Waals surface area contributed by atoms with Crippen LogP contribution in [0.2, 0.25) is 0 Å². The predicted molar refractivity (Wildman–Crippen MR) is 185 cm³/mol. The van der Waals surface area contributed by atoms with Gasteiger partial charge in [0.2, 0.25) is 11.8 Å². The highest BCUT2D eigenvalue weighted by atomic mass is 16.8. The Morgan fingerprint density at radius 2 is 1.87 bits per heavy atom. The lowest BCUT2D eigenvalue weighted by molar-refractivity contribution is -0.201. The molecule has 4 aliphatic heterocycles. The van der Waals surface area contributed by atoms with Crippen LogP contribution in [0.3, 0.4) is 0 Å². The highest BCUT2D eigenvalue weighted by molar-refractivity contribution is 5.96. The molecule has 12 unspecified atom stereocenters. The molecule has 6 fully saturated rings. The van der Waals surface area contributed by atoms with Gasteiger partial charge in [0.25, 0.3) is 0 Å². The van der Waals surface area contributed by atoms with Gasteiger partial charge in [0.1, 0.15) is 48.3 Å². The van der Waals surface area contributed by atoms with Crippen LogP contribution < -0.4 is 10.6 Å². The van der Waals surface area contributed by atoms with E-state index in [1.165, 1.54) is 12.0 Å². The average Bonchev–Trinajstić information content (AvgIpc) is 3.54. The number of hydrogen-bond donors (Lipinski definition) is 4. The third-order valence-corrected chi connectivity index (χ3v) is 11.2. The Morgan fingerprint density at radius 3 is 2.60 bits per heavy atom. The van der Waals surface area contributed by atoms with Gasteiger partial charge in [-0.25, -0.2) is 0 Å². The minimum absolute atomic E-state index is 0.0394. The second-order valence-corrected chi connectivity index (χ2v) is 16.2. The Kier molecular flexibility index (Phi) is 10.7. The van der Waals surface area contributed by atoms with Gasteiger partial charge in [-0.05, 0) is 70.4 Å². The van der Waals surface area contributed by atoms with Crippen LogP contribution in [-0.4, -0.2) is 119 Å². The summed E-state index contributed by atoms with van der Waals surface area (Å²) < 4.78 is 28.7. The zero-order chi connectivity index (χ0) is 37.7. The number of amides is 2. The van der Waals surface area contributed by atoms with Crippen LogP contribution in [0.15, 0.2) is 30.3 Å². The molecule has 1 aromatic carbocycles. The Balaban J connectivity index is 1.10. The minimum Gasteiger partial charge on any atom is -0.460 e. The van der Waals surface area contributed by atoms with Crippen molar-refractivity contribution < 1.29 is 57.9 Å². The Hall–Kier alpha value is -3.44. The van der Waals surface area contributed by atoms with Gasteiger partial charge in [-0.1, -0.05) is 36.4 Å². The van der Waals surface area contributed by atoms with E-state index in [1.807, 2.05) is 24.3 Å². The lowest BCUT2D eigenvalue weighted by Gasteiger charge is -2.49. The number of nitrogens with one attached hydrogen (secondary N) is 2. The molecular formula is C38H51N3O12. The summed E-state index contributed by atoms with van der Waals surface area (Å²) in [5, 5.41) is 27.6. The van der Waals surface area contributed by atoms with E-state index in [1.54, 1.807) is 20.8 Å². The van der Waals surface area contributed by atoms with E-state index < -0.39 is 90.0 Å². The summed E-state index contributed by atoms with van der Waals surface area (Å²) in [6.07, 6.45) is 3.66. The molecule has 2 saturated carbocycles. The van der Waals surface area contributed by atoms with E-state index >= 15 is 0 Å². The first-order chi connectivity index (χ1) is 25.3. The van der Waals surface area contributed by atoms with E-state index in [0.717, 1.165) is 30.4 Å². The maximum atomic E-state index is 14.7. The highest BCUT2D eigenvalue weighted by Gasteiger charge is 2.75. The van der Waals surface area contributed by atoms with Crippen LogP contribution in [-0.2, 0) is 54.2 Å². The van der Waals surface area contributed by atoms with Gasteiger partial charge in [0.15, 0.2) is 6.04 Å². The standard InChI is InChI=1S/C38H51N3O12/c1-20(43)29(34(45)39-24(18-42)12-14-28(44)52-37(2,3)4)40-36(47)38-16-27-30-31(49-19-48-30)33(38)53-41(32(38)35(46)51-27)17-23-8-6-5-7-22(23)11-9-21-10-13-25-26(15-21)50-25/h5-9,11,20-21,24-27,29-33,42-43H,10,12-19H2,1-4H3,(H,39,45)(H,40,47). The summed E-state index contributed by atoms with van der Waals surface area (Å²) in [4.78, 5) is 61.0. The van der Waals surface area contributed by atoms with Crippen molar-refractivity contribution in [3.8, 4) is 0 Å². The fraction of sp³-hybridized carbons (Fsp3) is 0.684. The number of aliphatic hydroxyl groups is 2. The summed E-state index contributed by atoms with van der Waals surface area (Å²) in [6, 6.07) is 4.25. The number of esters is 2. The number of fused-ring (bicyclic) bond motifs is 5. The minimum atomic E-state index is -1.57. The fourth-order valence-electron chi connectivity index (χ4n) is 8.56. The largest absolute Gasteiger partial charge is 0.460 e. The SMILES string of the molecule is CC(O)C(NC(=O)C12CC3OC(=O)C1N(Cc1ccccc1C=CC1CCC4OC4C1)OC2C1OCOC31)C(=O)NC(CO)CCC(=O)OC(C)(C)C. The number of rotatable bonds is 13. The molecule has 4 heterocycles. The summed E-state index contributed by atoms with van der Waals surface area (Å²) in [5.74, 6) is -2.21. The first-order valence-electron chi connectivity index (χ1n) is 18.7. The zero-order valence-electron chi connectivity index (χ0n) is 30.6. The Labute approximate surface area is 308 Å². The van der Waals surface area contributed by atoms with Gasteiger partial charge < -0.3 is 44.5 Å². The third kappa shape index (κ3) is 7.75. The molecule has 12 atom stereocenters. The van der Waals surface area contributed by atoms with Crippen LogP contribution in [0, 0.1) is 11.3 Å². The van der Waals surface area contributed by atoms with Crippen molar-refractivity contribution in [1.29, 1.82) is 0 Å². The summed E-state index contributed by atoms with van der Waals surface area (Å²) in [5.41, 5.74) is -0.450. The number of epoxide rings is 1. The first-order valence-corrected chi connectivity index (χ1v) is 18.7. The fourth-order valence-corrected chi connectivity index (χ4v) is 8.56. The molecule has 2 amide bonds. The van der Waals surface area contributed by atoms with Gasteiger partial charge in [-0.2, -0.15) is 5.06 Å². The van der Waals surface area contributed by atoms with Crippen molar-refractivity contribution >= 4 is 29.8 Å². The van der Waals surface area contributed by atoms with Crippen molar-refractivity contribution in [2.45, 2.75) is 139 Å². The van der Waals surface area contributed by atoms with Crippen molar-refractivity contribution in [2.24, 2.45) is 11.3 Å². The molecule has 7 rings (SSSR count). The molecule has 6 aliphatic rings. The summed E-state index contributed by atoms with van der Waals surface area (Å²) >= 11 is 0. The molecular weight excluding hydrogens is 690 g/mol. The van der Waals surface area contributed by atoms with E-state index in [9.17, 15) is 29.4 Å². The number of carbonyl (C=O) groups is 4. The van der Waals surface area contributed by atoms with Gasteiger partial charge in [0.05, 0.1) is 37.5 Å². The maximum Gasteiger partial charge on any atom is 0.327 e. The molecule has 15 heteroatoms. The van der Waals surface area contributed by atoms with Gasteiger partial charge >= 0.3 is 11.9 Å². The predicted octanol–water partition coefficient (Wildman–Crippen LogP) is 1.27. The summed E-state index contributed by atoms with van der Waals surface area (Å²) in [6.45, 7) is 6.14. The first kappa shape index (κ1) is 37.9. The second-order valence-electron chi connectivity index (χ2n) is 16.2. The monoisotopic (exact) mass is 741 g/mol. The number of allylic oxidation sites excluding steroid dienone is 1. The normalized spacial score (nSPS) is 34.7. The second kappa shape index (κ2) is 15.0. The zero-order valence-corrected chi connectivity index (χ0v) is 30.6. The maximum absolute atomic E-state index is 14.7. The molecule has 290 valence electrons. The average molecular weight is 742 g/mol. The molecule has 2 aliphatic carbocycles. The molecule has 1 aromatic rings. The van der Waals surface area contributed by atoms with Crippen LogP contribution in [0.1, 0.15) is 77.3 Å². The molecule has 0 radical (unpaired) electrons. The van der Waals surface area contributed by atoms with Crippen LogP contribution >= 0.6 is 0 Å². The number of ether oxygens (including phenoxy) is 5. The number of hydrogen-bond acceptors (Lipinski definition) is 13. The van der Waals surface area contributed by atoms with Crippen molar-refractivity contribution in [1.82, 2.24) is 15.7 Å². The van der Waals surface area contributed by atoms with Crippen LogP contribution in [0.4, 0.5) is 0 Å². The smallest absolute Gasteiger partial charge is 0.327 e. The number of benzene rings is 1. The number of hydroxylamine groups is 2. The lowest BCUT2D eigenvalue weighted by Crippen LogP contribution is -2.71. The van der Waals surface area contributed by atoms with Gasteiger partial charge in [-0.15, -0.1) is 0 Å². The van der Waals surface area contributed by atoms with Crippen molar-refractivity contribution in [3.63, 3.8) is 0 Å². The molecule has 2 bridgehead atoms. The molecule has 4 N–H and O–H groups in total. The molecule has 0 spiro atoms. The number of nitrogens with zero attached hydrogens (tertiary/aromatic N) is 1. The van der Waals surface area contributed by atoms with Crippen molar-refractivity contribution in [2.75, 3.05) is 13.4 Å². The number of carbonyl (C=O) groups excluding carboxylic acids is 4. The quantitative estimate of drug-likeness (QED) is 0.167. The van der Waals surface area contributed by atoms with Crippen LogP contribution in [0.5, 0.6) is 0 Å². The molecule has 0 aromatic heterocycles. The van der Waals surface area contributed by atoms with E-state index in [2.05, 4.69) is 22.8 Å². The van der Waals surface area contributed by atoms with Gasteiger partial charge in [-0.3, -0.25) is 24.0 Å². The lowest BCUT2D eigenvalue weighted by atomic mass is 9.62. The van der Waals surface area contributed by atoms with E-state index in [0.29, 0.717) is 18.1 Å². The Morgan fingerprint density at radius 1 is 1.09 bits per heavy atom. The summed E-state index contributed by atoms with van der Waals surface area (Å²) in [7, 11) is 0. The van der Waals surface area contributed by atoms with Gasteiger partial charge in [0, 0.05) is 12.8 Å². The van der Waals surface area contributed by atoms with E-state index in [4.69, 9.17) is 28.5 Å². The third-order valence-electron chi connectivity index (χ3n) is 11.2. The Bertz CT molecular complexity index is 1600. The molecule has 4 saturated heterocycles. The highest BCUT2D eigenvalue weighted by Crippen LogP contribution is 2.55. The topological polar surface area (TPSA) is 195 Å². The molecule has 53 heavy (non-hydrogen) atoms. The number of aliphatic hydroxyl groups excluding tert-OH is 2. The van der Waals surface area contributed by atoms with Crippen molar-refractivity contribution in [3.05, 3.63) is 41.5 Å².